The van der Waals surface area contributed by atoms with E-state index in [0.717, 1.165) is 5.71 Å². The van der Waals surface area contributed by atoms with Gasteiger partial charge in [-0.15, -0.1) is 0 Å². The molecule has 0 aromatic rings. The summed E-state index contributed by atoms with van der Waals surface area (Å²) in [6, 6.07) is 0. The van der Waals surface area contributed by atoms with Crippen LogP contribution in [0.5, 0.6) is 0 Å². The molecule has 0 spiro atoms. The predicted octanol–water partition coefficient (Wildman–Crippen LogP) is -0.655. The second-order valence-corrected chi connectivity index (χ2v) is 2.44. The van der Waals surface area contributed by atoms with Crippen LogP contribution in [0.25, 0.3) is 0 Å². The Kier molecular flexibility index (Phi) is 6.64. The van der Waals surface area contributed by atoms with Gasteiger partial charge < -0.3 is 20.4 Å². The fraction of sp³-hybridized carbons (Fsp3) is 0.857. The third kappa shape index (κ3) is 6.09. The quantitative estimate of drug-likeness (QED) is 0.416. The lowest BCUT2D eigenvalue weighted by molar-refractivity contribution is 0.0437. The van der Waals surface area contributed by atoms with Crippen molar-refractivity contribution in [1.29, 1.82) is 0 Å². The number of aliphatic hydroxyl groups excluding tert-OH is 1. The summed E-state index contributed by atoms with van der Waals surface area (Å²) < 4.78 is 4.79. The molecular weight excluding hydrogens is 160 g/mol. The molecule has 0 bridgehead atoms. The zero-order chi connectivity index (χ0) is 9.40. The van der Waals surface area contributed by atoms with Crippen LogP contribution in [0.2, 0.25) is 0 Å². The number of nitrogens with zero attached hydrogens (tertiary/aromatic N) is 1. The van der Waals surface area contributed by atoms with E-state index in [0.29, 0.717) is 6.61 Å². The number of nitrogens with two attached hydrogens (primary N) is 1. The second-order valence-electron chi connectivity index (χ2n) is 2.44. The van der Waals surface area contributed by atoms with Crippen molar-refractivity contribution >= 4 is 5.71 Å². The van der Waals surface area contributed by atoms with Crippen molar-refractivity contribution in [1.82, 2.24) is 0 Å². The zero-order valence-electron chi connectivity index (χ0n) is 7.49. The Morgan fingerprint density at radius 2 is 2.33 bits per heavy atom. The highest BCUT2D eigenvalue weighted by Crippen LogP contribution is 1.85. The SMILES string of the molecule is COCC(C)=NOCC(O)CN. The van der Waals surface area contributed by atoms with Gasteiger partial charge in [0, 0.05) is 13.7 Å². The second kappa shape index (κ2) is 7.02. The topological polar surface area (TPSA) is 77.1 Å². The maximum absolute atomic E-state index is 8.95. The van der Waals surface area contributed by atoms with E-state index in [1.54, 1.807) is 14.0 Å². The monoisotopic (exact) mass is 176 g/mol. The molecule has 0 aromatic heterocycles. The summed E-state index contributed by atoms with van der Waals surface area (Å²) in [4.78, 5) is 4.78. The molecule has 0 heterocycles. The fourth-order valence-corrected chi connectivity index (χ4v) is 0.537. The summed E-state index contributed by atoms with van der Waals surface area (Å²) in [5, 5.41) is 12.6. The Morgan fingerprint density at radius 3 is 2.83 bits per heavy atom. The molecule has 0 aliphatic heterocycles. The number of aliphatic hydroxyl groups is 1. The Bertz CT molecular complexity index is 139. The number of methoxy groups -OCH3 is 1. The van der Waals surface area contributed by atoms with Crippen LogP contribution in [0, 0.1) is 0 Å². The van der Waals surface area contributed by atoms with Crippen molar-refractivity contribution in [2.24, 2.45) is 10.9 Å². The van der Waals surface area contributed by atoms with Gasteiger partial charge >= 0.3 is 0 Å². The lowest BCUT2D eigenvalue weighted by Gasteiger charge is -2.05. The predicted molar refractivity (Wildman–Crippen MR) is 46.0 cm³/mol. The molecule has 1 atom stereocenters. The molecule has 0 rings (SSSR count). The minimum Gasteiger partial charge on any atom is -0.393 e. The average molecular weight is 176 g/mol. The molecule has 5 nitrogen and oxygen atoms in total. The summed E-state index contributed by atoms with van der Waals surface area (Å²) >= 11 is 0. The van der Waals surface area contributed by atoms with Crippen LogP contribution in [0.4, 0.5) is 0 Å². The number of hydrogen-bond donors (Lipinski definition) is 2. The molecule has 72 valence electrons. The maximum atomic E-state index is 8.95. The normalized spacial score (nSPS) is 14.5. The molecule has 0 radical (unpaired) electrons. The molecule has 0 aliphatic rings. The van der Waals surface area contributed by atoms with Crippen LogP contribution in [-0.4, -0.2) is 43.8 Å². The number of rotatable bonds is 6. The maximum Gasteiger partial charge on any atom is 0.144 e. The first-order chi connectivity index (χ1) is 5.70. The highest BCUT2D eigenvalue weighted by atomic mass is 16.6. The number of oxime groups is 1. The van der Waals surface area contributed by atoms with E-state index in [1.165, 1.54) is 0 Å². The molecular formula is C7H16N2O3. The van der Waals surface area contributed by atoms with Crippen LogP contribution in [0.3, 0.4) is 0 Å². The largest absolute Gasteiger partial charge is 0.393 e. The molecule has 0 saturated heterocycles. The Labute approximate surface area is 72.1 Å². The van der Waals surface area contributed by atoms with Gasteiger partial charge in [-0.25, -0.2) is 0 Å². The number of ether oxygens (including phenoxy) is 1. The van der Waals surface area contributed by atoms with Crippen LogP contribution >= 0.6 is 0 Å². The molecule has 0 aliphatic carbocycles. The van der Waals surface area contributed by atoms with Crippen molar-refractivity contribution in [3.8, 4) is 0 Å². The van der Waals surface area contributed by atoms with E-state index in [2.05, 4.69) is 5.16 Å². The van der Waals surface area contributed by atoms with Crippen LogP contribution in [0.15, 0.2) is 5.16 Å². The summed E-state index contributed by atoms with van der Waals surface area (Å²) in [5.74, 6) is 0. The van der Waals surface area contributed by atoms with Gasteiger partial charge in [0.05, 0.1) is 12.3 Å². The molecule has 5 heteroatoms. The smallest absolute Gasteiger partial charge is 0.144 e. The molecule has 0 saturated carbocycles. The Balaban J connectivity index is 3.45. The molecule has 12 heavy (non-hydrogen) atoms. The Morgan fingerprint density at radius 1 is 1.67 bits per heavy atom. The van der Waals surface area contributed by atoms with Gasteiger partial charge in [0.25, 0.3) is 0 Å². The third-order valence-corrected chi connectivity index (χ3v) is 1.11. The fourth-order valence-electron chi connectivity index (χ4n) is 0.537. The van der Waals surface area contributed by atoms with Gasteiger partial charge in [0.2, 0.25) is 0 Å². The number of hydrogen-bond acceptors (Lipinski definition) is 5. The van der Waals surface area contributed by atoms with E-state index in [9.17, 15) is 0 Å². The summed E-state index contributed by atoms with van der Waals surface area (Å²) in [7, 11) is 1.58. The van der Waals surface area contributed by atoms with E-state index < -0.39 is 6.10 Å². The minimum atomic E-state index is -0.649. The van der Waals surface area contributed by atoms with E-state index in [-0.39, 0.29) is 13.2 Å². The van der Waals surface area contributed by atoms with Crippen LogP contribution in [-0.2, 0) is 9.57 Å². The first kappa shape index (κ1) is 11.4. The highest BCUT2D eigenvalue weighted by Gasteiger charge is 1.99. The summed E-state index contributed by atoms with van der Waals surface area (Å²) in [6.07, 6.45) is -0.649. The van der Waals surface area contributed by atoms with Gasteiger partial charge in [-0.05, 0) is 6.92 Å². The lowest BCUT2D eigenvalue weighted by atomic mass is 10.4. The molecule has 1 unspecified atom stereocenters. The molecule has 0 fully saturated rings. The summed E-state index contributed by atoms with van der Waals surface area (Å²) in [6.45, 7) is 2.51. The van der Waals surface area contributed by atoms with Crippen molar-refractivity contribution in [2.45, 2.75) is 13.0 Å². The molecule has 0 amide bonds. The van der Waals surface area contributed by atoms with Crippen molar-refractivity contribution in [2.75, 3.05) is 26.9 Å². The standard InChI is InChI=1S/C7H16N2O3/c1-6(4-11-2)9-12-5-7(10)3-8/h7,10H,3-5,8H2,1-2H3. The van der Waals surface area contributed by atoms with Gasteiger partial charge in [0.15, 0.2) is 0 Å². The first-order valence-corrected chi connectivity index (χ1v) is 3.73. The van der Waals surface area contributed by atoms with Crippen molar-refractivity contribution in [3.63, 3.8) is 0 Å². The van der Waals surface area contributed by atoms with Gasteiger partial charge in [-0.3, -0.25) is 0 Å². The Hall–Kier alpha value is -0.650. The first-order valence-electron chi connectivity index (χ1n) is 3.73. The van der Waals surface area contributed by atoms with Crippen molar-refractivity contribution < 1.29 is 14.7 Å². The van der Waals surface area contributed by atoms with Gasteiger partial charge in [-0.2, -0.15) is 0 Å². The van der Waals surface area contributed by atoms with Crippen LogP contribution < -0.4 is 5.73 Å². The molecule has 3 N–H and O–H groups in total. The van der Waals surface area contributed by atoms with E-state index in [4.69, 9.17) is 20.4 Å². The highest BCUT2D eigenvalue weighted by molar-refractivity contribution is 5.82. The zero-order valence-corrected chi connectivity index (χ0v) is 7.49. The lowest BCUT2D eigenvalue weighted by Crippen LogP contribution is -2.24. The third-order valence-electron chi connectivity index (χ3n) is 1.11. The van der Waals surface area contributed by atoms with Gasteiger partial charge in [0.1, 0.15) is 12.7 Å². The van der Waals surface area contributed by atoms with Crippen LogP contribution in [0.1, 0.15) is 6.92 Å². The average Bonchev–Trinajstić information content (AvgIpc) is 2.04. The minimum absolute atomic E-state index is 0.123. The van der Waals surface area contributed by atoms with Gasteiger partial charge in [-0.1, -0.05) is 5.16 Å². The van der Waals surface area contributed by atoms with E-state index in [1.807, 2.05) is 0 Å². The van der Waals surface area contributed by atoms with Crippen molar-refractivity contribution in [3.05, 3.63) is 0 Å². The summed E-state index contributed by atoms with van der Waals surface area (Å²) in [5.41, 5.74) is 5.87. The van der Waals surface area contributed by atoms with E-state index >= 15 is 0 Å². The molecule has 0 aromatic carbocycles.